The summed E-state index contributed by atoms with van der Waals surface area (Å²) in [5, 5.41) is 0. The Hall–Kier alpha value is -3.21. The highest BCUT2D eigenvalue weighted by Crippen LogP contribution is 2.16. The van der Waals surface area contributed by atoms with Gasteiger partial charge in [-0.15, -0.1) is 0 Å². The van der Waals surface area contributed by atoms with Crippen molar-refractivity contribution in [3.63, 3.8) is 0 Å². The maximum absolute atomic E-state index is 13.9. The highest BCUT2D eigenvalue weighted by atomic mass is 19.1. The van der Waals surface area contributed by atoms with Crippen LogP contribution in [0.3, 0.4) is 0 Å². The number of benzene rings is 2. The quantitative estimate of drug-likeness (QED) is 0.704. The van der Waals surface area contributed by atoms with E-state index in [0.717, 1.165) is 5.69 Å². The van der Waals surface area contributed by atoms with Gasteiger partial charge in [-0.25, -0.2) is 4.39 Å². The molecule has 0 saturated heterocycles. The van der Waals surface area contributed by atoms with E-state index in [1.807, 2.05) is 37.3 Å². The molecule has 0 bridgehead atoms. The number of carbonyl (C=O) groups is 1. The lowest BCUT2D eigenvalue weighted by Gasteiger charge is -2.21. The van der Waals surface area contributed by atoms with Crippen LogP contribution in [0.2, 0.25) is 0 Å². The molecule has 0 N–H and O–H groups in total. The summed E-state index contributed by atoms with van der Waals surface area (Å²) in [6, 6.07) is 18.5. The predicted octanol–water partition coefficient (Wildman–Crippen LogP) is 3.70. The monoisotopic (exact) mass is 350 g/mol. The third-order valence-electron chi connectivity index (χ3n) is 4.16. The zero-order valence-electron chi connectivity index (χ0n) is 14.4. The molecule has 0 saturated carbocycles. The molecule has 1 amide bonds. The SMILES string of the molecule is CCN(C(=O)c1ccc(=O)n(Cc2ccccc2F)c1)c1ccccc1. The lowest BCUT2D eigenvalue weighted by Crippen LogP contribution is -2.32. The van der Waals surface area contributed by atoms with E-state index < -0.39 is 0 Å². The van der Waals surface area contributed by atoms with E-state index in [-0.39, 0.29) is 23.8 Å². The fourth-order valence-corrected chi connectivity index (χ4v) is 2.80. The van der Waals surface area contributed by atoms with Crippen LogP contribution in [-0.2, 0) is 6.54 Å². The van der Waals surface area contributed by atoms with Crippen molar-refractivity contribution in [1.29, 1.82) is 0 Å². The summed E-state index contributed by atoms with van der Waals surface area (Å²) < 4.78 is 15.2. The Kier molecular flexibility index (Phi) is 5.27. The molecule has 0 atom stereocenters. The number of aromatic nitrogens is 1. The molecule has 0 unspecified atom stereocenters. The summed E-state index contributed by atoms with van der Waals surface area (Å²) in [6.07, 6.45) is 1.49. The van der Waals surface area contributed by atoms with E-state index in [4.69, 9.17) is 0 Å². The van der Waals surface area contributed by atoms with E-state index in [2.05, 4.69) is 0 Å². The Balaban J connectivity index is 1.93. The van der Waals surface area contributed by atoms with E-state index in [9.17, 15) is 14.0 Å². The Morgan fingerprint density at radius 2 is 1.69 bits per heavy atom. The maximum atomic E-state index is 13.9. The number of amides is 1. The summed E-state index contributed by atoms with van der Waals surface area (Å²) in [6.45, 7) is 2.46. The zero-order valence-corrected chi connectivity index (χ0v) is 14.4. The minimum absolute atomic E-state index is 0.0735. The van der Waals surface area contributed by atoms with Gasteiger partial charge in [0.05, 0.1) is 12.1 Å². The van der Waals surface area contributed by atoms with Crippen LogP contribution in [0, 0.1) is 5.82 Å². The smallest absolute Gasteiger partial charge is 0.259 e. The largest absolute Gasteiger partial charge is 0.310 e. The number of carbonyl (C=O) groups excluding carboxylic acids is 1. The molecule has 4 nitrogen and oxygen atoms in total. The fourth-order valence-electron chi connectivity index (χ4n) is 2.80. The molecule has 0 fully saturated rings. The highest BCUT2D eigenvalue weighted by molar-refractivity contribution is 6.05. The van der Waals surface area contributed by atoms with Crippen LogP contribution in [0.5, 0.6) is 0 Å². The Morgan fingerprint density at radius 1 is 1.00 bits per heavy atom. The van der Waals surface area contributed by atoms with Crippen LogP contribution < -0.4 is 10.5 Å². The molecule has 132 valence electrons. The minimum atomic E-state index is -0.379. The molecule has 26 heavy (non-hydrogen) atoms. The number of hydrogen-bond donors (Lipinski definition) is 0. The van der Waals surface area contributed by atoms with Gasteiger partial charge in [0.2, 0.25) is 0 Å². The van der Waals surface area contributed by atoms with Crippen molar-refractivity contribution < 1.29 is 9.18 Å². The van der Waals surface area contributed by atoms with Gasteiger partial charge in [-0.2, -0.15) is 0 Å². The molecule has 5 heteroatoms. The average molecular weight is 350 g/mol. The number of hydrogen-bond acceptors (Lipinski definition) is 2. The highest BCUT2D eigenvalue weighted by Gasteiger charge is 2.17. The number of pyridine rings is 1. The third-order valence-corrected chi connectivity index (χ3v) is 4.16. The van der Waals surface area contributed by atoms with Crippen LogP contribution in [0.4, 0.5) is 10.1 Å². The molecule has 0 aliphatic rings. The lowest BCUT2D eigenvalue weighted by molar-refractivity contribution is 0.0987. The predicted molar refractivity (Wildman–Crippen MR) is 100.0 cm³/mol. The maximum Gasteiger partial charge on any atom is 0.259 e. The summed E-state index contributed by atoms with van der Waals surface area (Å²) in [4.78, 5) is 26.7. The second-order valence-electron chi connectivity index (χ2n) is 5.86. The van der Waals surface area contributed by atoms with Crippen LogP contribution in [0.25, 0.3) is 0 Å². The number of para-hydroxylation sites is 1. The second-order valence-corrected chi connectivity index (χ2v) is 5.86. The zero-order chi connectivity index (χ0) is 18.5. The first-order chi connectivity index (χ1) is 12.6. The number of halogens is 1. The second kappa shape index (κ2) is 7.78. The van der Waals surface area contributed by atoms with Gasteiger partial charge in [0.25, 0.3) is 11.5 Å². The fraction of sp³-hybridized carbons (Fsp3) is 0.143. The lowest BCUT2D eigenvalue weighted by atomic mass is 10.2. The molecule has 0 spiro atoms. The molecule has 3 aromatic rings. The van der Waals surface area contributed by atoms with Crippen molar-refractivity contribution in [3.8, 4) is 0 Å². The van der Waals surface area contributed by atoms with E-state index in [1.54, 1.807) is 23.1 Å². The van der Waals surface area contributed by atoms with E-state index >= 15 is 0 Å². The summed E-state index contributed by atoms with van der Waals surface area (Å²) >= 11 is 0. The average Bonchev–Trinajstić information content (AvgIpc) is 2.66. The van der Waals surface area contributed by atoms with Crippen molar-refractivity contribution in [1.82, 2.24) is 4.57 Å². The Bertz CT molecular complexity index is 967. The van der Waals surface area contributed by atoms with Gasteiger partial charge in [-0.3, -0.25) is 9.59 Å². The standard InChI is InChI=1S/C21H19FN2O2/c1-2-24(18-9-4-3-5-10-18)21(26)17-12-13-20(25)23(15-17)14-16-8-6-7-11-19(16)22/h3-13,15H,2,14H2,1H3. The van der Waals surface area contributed by atoms with Gasteiger partial charge in [0, 0.05) is 30.1 Å². The van der Waals surface area contributed by atoms with Crippen LogP contribution in [0.15, 0.2) is 77.7 Å². The molecular formula is C21H19FN2O2. The molecule has 3 rings (SSSR count). The summed E-state index contributed by atoms with van der Waals surface area (Å²) in [5.74, 6) is -0.586. The number of anilines is 1. The molecular weight excluding hydrogens is 331 g/mol. The van der Waals surface area contributed by atoms with Gasteiger partial charge in [-0.1, -0.05) is 36.4 Å². The molecule has 1 heterocycles. The first-order valence-corrected chi connectivity index (χ1v) is 8.41. The van der Waals surface area contributed by atoms with Crippen LogP contribution >= 0.6 is 0 Å². The Labute approximate surface area is 151 Å². The minimum Gasteiger partial charge on any atom is -0.310 e. The molecule has 2 aromatic carbocycles. The number of rotatable bonds is 5. The molecule has 0 aliphatic carbocycles. The van der Waals surface area contributed by atoms with Crippen molar-refractivity contribution >= 4 is 11.6 Å². The van der Waals surface area contributed by atoms with Crippen molar-refractivity contribution in [2.75, 3.05) is 11.4 Å². The molecule has 1 aromatic heterocycles. The van der Waals surface area contributed by atoms with E-state index in [0.29, 0.717) is 17.7 Å². The van der Waals surface area contributed by atoms with Gasteiger partial charge >= 0.3 is 0 Å². The van der Waals surface area contributed by atoms with Gasteiger partial charge in [0.15, 0.2) is 0 Å². The first kappa shape index (κ1) is 17.6. The van der Waals surface area contributed by atoms with Gasteiger partial charge in [0.1, 0.15) is 5.82 Å². The van der Waals surface area contributed by atoms with Gasteiger partial charge < -0.3 is 9.47 Å². The molecule has 0 aliphatic heterocycles. The van der Waals surface area contributed by atoms with Crippen molar-refractivity contribution in [3.05, 3.63) is 100 Å². The first-order valence-electron chi connectivity index (χ1n) is 8.41. The topological polar surface area (TPSA) is 42.3 Å². The van der Waals surface area contributed by atoms with Crippen molar-refractivity contribution in [2.45, 2.75) is 13.5 Å². The summed E-state index contributed by atoms with van der Waals surface area (Å²) in [7, 11) is 0. The van der Waals surface area contributed by atoms with E-state index in [1.165, 1.54) is 29.0 Å². The summed E-state index contributed by atoms with van der Waals surface area (Å²) in [5.41, 5.74) is 1.28. The van der Waals surface area contributed by atoms with Crippen molar-refractivity contribution in [2.24, 2.45) is 0 Å². The Morgan fingerprint density at radius 3 is 2.38 bits per heavy atom. The third kappa shape index (κ3) is 3.72. The normalized spacial score (nSPS) is 10.5. The molecule has 0 radical (unpaired) electrons. The van der Waals surface area contributed by atoms with Gasteiger partial charge in [-0.05, 0) is 31.2 Å². The van der Waals surface area contributed by atoms with Crippen LogP contribution in [-0.4, -0.2) is 17.0 Å². The number of nitrogens with zero attached hydrogens (tertiary/aromatic N) is 2. The van der Waals surface area contributed by atoms with Crippen LogP contribution in [0.1, 0.15) is 22.8 Å².